The molecule has 0 unspecified atom stereocenters. The van der Waals surface area contributed by atoms with Crippen molar-refractivity contribution in [2.45, 2.75) is 97.6 Å². The highest BCUT2D eigenvalue weighted by Gasteiger charge is 2.46. The van der Waals surface area contributed by atoms with Gasteiger partial charge in [0, 0.05) is 88.2 Å². The van der Waals surface area contributed by atoms with Gasteiger partial charge in [-0.05, 0) is 123 Å². The third kappa shape index (κ3) is 11.6. The minimum Gasteiger partial charge on any atom is -0.492 e. The summed E-state index contributed by atoms with van der Waals surface area (Å²) in [7, 11) is -14.7. The highest BCUT2D eigenvalue weighted by atomic mass is 32.2. The maximum Gasteiger partial charge on any atom is 0.333 e. The number of benzene rings is 4. The number of pyridine rings is 1. The number of aromatic nitrogens is 2. The molecule has 4 heterocycles. The number of hydrogen-bond acceptors (Lipinski definition) is 17. The van der Waals surface area contributed by atoms with Crippen molar-refractivity contribution in [1.82, 2.24) is 15.0 Å². The van der Waals surface area contributed by atoms with Crippen molar-refractivity contribution in [2.24, 2.45) is 0 Å². The summed E-state index contributed by atoms with van der Waals surface area (Å²) in [6.45, 7) is 12.6. The molecule has 79 heavy (non-hydrogen) atoms. The van der Waals surface area contributed by atoms with Crippen LogP contribution in [-0.4, -0.2) is 106 Å². The van der Waals surface area contributed by atoms with E-state index in [2.05, 4.69) is 14.9 Å². The van der Waals surface area contributed by atoms with E-state index in [1.165, 1.54) is 42.6 Å². The van der Waals surface area contributed by atoms with Gasteiger partial charge in [0.15, 0.2) is 5.71 Å². The maximum absolute atomic E-state index is 13.4. The van der Waals surface area contributed by atoms with Gasteiger partial charge in [0.25, 0.3) is 36.3 Å². The normalized spacial score (nSPS) is 15.9. The second-order valence-corrected chi connectivity index (χ2v) is 24.5. The Bertz CT molecular complexity index is 3920. The van der Waals surface area contributed by atoms with Crippen molar-refractivity contribution in [3.8, 4) is 11.8 Å². The zero-order chi connectivity index (χ0) is 57.6. The van der Waals surface area contributed by atoms with E-state index >= 15 is 0 Å². The van der Waals surface area contributed by atoms with Gasteiger partial charge in [-0.25, -0.2) is 10.1 Å². The number of aromatic hydroxyl groups is 2. The van der Waals surface area contributed by atoms with Crippen molar-refractivity contribution >= 4 is 98.5 Å². The zero-order valence-corrected chi connectivity index (χ0v) is 46.6. The topological polar surface area (TPSA) is 322 Å². The van der Waals surface area contributed by atoms with Crippen molar-refractivity contribution in [3.63, 3.8) is 0 Å². The van der Waals surface area contributed by atoms with Crippen LogP contribution in [0.1, 0.15) is 94.4 Å². The number of fused-ring (bicyclic) bond motifs is 6. The lowest BCUT2D eigenvalue weighted by molar-refractivity contribution is -0.433. The first-order valence-corrected chi connectivity index (χ1v) is 29.6. The third-order valence-corrected chi connectivity index (χ3v) is 17.2. The fraction of sp³-hybridized carbons (Fsp3) is 0.283. The number of hydrogen-bond donors (Lipinski definition) is 7. The van der Waals surface area contributed by atoms with Crippen LogP contribution in [0.5, 0.6) is 11.8 Å². The summed E-state index contributed by atoms with van der Waals surface area (Å²) in [5.41, 5.74) is 3.39. The van der Waals surface area contributed by atoms with E-state index in [-0.39, 0.29) is 34.2 Å². The molecule has 418 valence electrons. The van der Waals surface area contributed by atoms with Crippen LogP contribution < -0.4 is 15.1 Å². The maximum atomic E-state index is 13.4. The molecule has 0 bridgehead atoms. The molecule has 4 aromatic carbocycles. The second kappa shape index (κ2) is 22.3. The Balaban J connectivity index is 1.16. The number of carbonyl (C=O) groups excluding carboxylic acids is 2. The standard InChI is InChI=1S/C53H55N5O17S4/c1-7-56-40-19-16-35-37(26-33(77(64,65)66)28-42(35)76-75-74-63)49(40)52(3,4)44(56)21-14-31(39-18-13-32(30-55-39)51(62)54-25-11-9-10-12-48(61)73-58-46(59)23-24-47(58)60)15-22-45-53(5,6)50-38-27-34(78(67,68)69)29-43(79(70,71)72)36(38)17-20-41(50)57(45)8-2/h13-24,26-30H,7-12,25H2,1-6H3,(H6-,54,59,60,62,63,64,65,66,67,68,69,70,71,72)/p+1. The largest absolute Gasteiger partial charge is 0.492 e. The van der Waals surface area contributed by atoms with E-state index in [4.69, 9.17) is 19.4 Å². The van der Waals surface area contributed by atoms with Gasteiger partial charge in [0.2, 0.25) is 17.4 Å². The monoisotopic (exact) mass is 1160 g/mol. The van der Waals surface area contributed by atoms with Crippen molar-refractivity contribution < 1.29 is 82.8 Å². The molecule has 0 atom stereocenters. The fourth-order valence-electron chi connectivity index (χ4n) is 10.4. The predicted molar refractivity (Wildman–Crippen MR) is 292 cm³/mol. The van der Waals surface area contributed by atoms with Gasteiger partial charge in [0.05, 0.1) is 38.5 Å². The highest BCUT2D eigenvalue weighted by molar-refractivity contribution is 7.94. The minimum absolute atomic E-state index is 0.00183. The Labute approximate surface area is 459 Å². The Morgan fingerprint density at radius 2 is 1.43 bits per heavy atom. The van der Waals surface area contributed by atoms with E-state index in [9.17, 15) is 58.7 Å². The van der Waals surface area contributed by atoms with Gasteiger partial charge in [-0.3, -0.25) is 23.4 Å². The molecule has 2 aliphatic rings. The van der Waals surface area contributed by atoms with Gasteiger partial charge in [-0.2, -0.15) is 29.8 Å². The average Bonchev–Trinajstić information content (AvgIpc) is 3.62. The Morgan fingerprint density at radius 1 is 0.772 bits per heavy atom. The van der Waals surface area contributed by atoms with E-state index in [0.29, 0.717) is 99.7 Å². The van der Waals surface area contributed by atoms with Crippen LogP contribution in [0.3, 0.4) is 0 Å². The number of nitrogens with one attached hydrogen (secondary N) is 1. The molecule has 0 aliphatic carbocycles. The first kappa shape index (κ1) is 58.2. The summed E-state index contributed by atoms with van der Waals surface area (Å²) in [5, 5.41) is 36.3. The number of carbonyl (C=O) groups is 2. The molecule has 2 aromatic heterocycles. The van der Waals surface area contributed by atoms with Crippen LogP contribution in [0.2, 0.25) is 0 Å². The lowest BCUT2D eigenvalue weighted by Crippen LogP contribution is -2.27. The Hall–Kier alpha value is -6.98. The first-order valence-electron chi connectivity index (χ1n) is 24.5. The molecule has 8 rings (SSSR count). The van der Waals surface area contributed by atoms with Crippen LogP contribution in [0.15, 0.2) is 129 Å². The van der Waals surface area contributed by atoms with E-state index in [1.807, 2.05) is 76.8 Å². The molecular formula is C53H56N5O17S4+. The van der Waals surface area contributed by atoms with Gasteiger partial charge in [-0.1, -0.05) is 37.4 Å². The smallest absolute Gasteiger partial charge is 0.333 e. The van der Waals surface area contributed by atoms with Crippen molar-refractivity contribution in [1.29, 1.82) is 0 Å². The molecule has 0 fully saturated rings. The molecule has 0 saturated heterocycles. The summed E-state index contributed by atoms with van der Waals surface area (Å²) in [6.07, 6.45) is 10.3. The molecule has 6 aromatic rings. The van der Waals surface area contributed by atoms with Crippen LogP contribution in [-0.2, 0) is 55.4 Å². The minimum atomic E-state index is -4.99. The van der Waals surface area contributed by atoms with Gasteiger partial charge in [0.1, 0.15) is 11.4 Å². The Kier molecular flexibility index (Phi) is 16.4. The number of anilines is 1. The van der Waals surface area contributed by atoms with E-state index in [0.717, 1.165) is 11.4 Å². The zero-order valence-electron chi connectivity index (χ0n) is 43.4. The summed E-state index contributed by atoms with van der Waals surface area (Å²) >= 11 is 0.547. The molecule has 0 radical (unpaired) electrons. The lowest BCUT2D eigenvalue weighted by Gasteiger charge is -2.26. The number of amides is 1. The summed E-state index contributed by atoms with van der Waals surface area (Å²) < 4.78 is 114. The molecule has 7 N–H and O–H groups in total. The summed E-state index contributed by atoms with van der Waals surface area (Å²) in [5.74, 6) is -1.95. The quantitative estimate of drug-likeness (QED) is 0.00717. The number of unbranched alkanes of at least 4 members (excludes halogenated alkanes) is 2. The molecule has 26 heteroatoms. The third-order valence-electron chi connectivity index (χ3n) is 13.9. The van der Waals surface area contributed by atoms with Crippen molar-refractivity contribution in [3.05, 3.63) is 131 Å². The van der Waals surface area contributed by atoms with Crippen LogP contribution >= 0.6 is 12.0 Å². The van der Waals surface area contributed by atoms with E-state index < -0.39 is 79.5 Å². The summed E-state index contributed by atoms with van der Waals surface area (Å²) in [6, 6.07) is 16.9. The number of likely N-dealkylation sites (N-methyl/N-ethyl adjacent to an activating group) is 1. The second-order valence-electron chi connectivity index (χ2n) is 19.5. The predicted octanol–water partition coefficient (Wildman–Crippen LogP) is 8.45. The van der Waals surface area contributed by atoms with Crippen LogP contribution in [0.25, 0.3) is 27.1 Å². The number of allylic oxidation sites excluding steroid dienone is 6. The SMILES string of the molecule is CCN1C(=CC=C(C=CC2=[N+](CC)c3ccc4c(SOOO)cc(S(=O)(=O)O)cc4c3C2(C)C)c2ccc(C(=O)NCCCCCC(=O)On3c(O)ccc3O)cn2)C(C)(C)c2c1ccc1c(S(=O)(=O)O)cc(S(=O)(=O)O)cc21. The molecule has 2 aliphatic heterocycles. The summed E-state index contributed by atoms with van der Waals surface area (Å²) in [4.78, 5) is 35.7. The molecular weight excluding hydrogens is 1110 g/mol. The molecule has 0 saturated carbocycles. The first-order chi connectivity index (χ1) is 37.1. The van der Waals surface area contributed by atoms with Crippen LogP contribution in [0.4, 0.5) is 11.4 Å². The number of nitrogens with zero attached hydrogens (tertiary/aromatic N) is 4. The Morgan fingerprint density at radius 3 is 2.04 bits per heavy atom. The highest BCUT2D eigenvalue weighted by Crippen LogP contribution is 2.52. The van der Waals surface area contributed by atoms with Crippen molar-refractivity contribution in [2.75, 3.05) is 24.5 Å². The molecule has 22 nitrogen and oxygen atoms in total. The van der Waals surface area contributed by atoms with Gasteiger partial charge < -0.3 is 25.3 Å². The molecule has 1 amide bonds. The number of rotatable bonds is 20. The molecule has 0 spiro atoms. The average molecular weight is 1160 g/mol. The van der Waals surface area contributed by atoms with E-state index in [1.54, 1.807) is 24.3 Å². The van der Waals surface area contributed by atoms with Gasteiger partial charge >= 0.3 is 5.97 Å². The lowest BCUT2D eigenvalue weighted by atomic mass is 9.79. The fourth-order valence-corrected chi connectivity index (χ4v) is 12.9. The van der Waals surface area contributed by atoms with Crippen LogP contribution in [0, 0.1) is 0 Å². The van der Waals surface area contributed by atoms with Gasteiger partial charge in [-0.15, -0.1) is 9.06 Å².